The second kappa shape index (κ2) is 10.6. The van der Waals surface area contributed by atoms with Crippen LogP contribution in [0.2, 0.25) is 0 Å². The van der Waals surface area contributed by atoms with Crippen LogP contribution >= 0.6 is 7.60 Å². The molecule has 0 aliphatic carbocycles. The standard InChI is InChI=1S/C15H25O4P.2K/c1-6-10-8-12(9-11(7-2)13(10)16)14(15(3,4)5)20(17,18)19;;/h8-9,14,16H,6-7H2,1-5H3,(H2,17,18,19);;/q;2*+1/p-2. The van der Waals surface area contributed by atoms with Crippen molar-refractivity contribution in [3.8, 4) is 5.75 Å². The smallest absolute Gasteiger partial charge is 0.810 e. The molecule has 22 heavy (non-hydrogen) atoms. The third-order valence-electron chi connectivity index (χ3n) is 3.50. The van der Waals surface area contributed by atoms with Crippen molar-refractivity contribution >= 4 is 7.60 Å². The SMILES string of the molecule is CCc1cc(C(C(C)(C)C)P(=O)([O-])[O-])cc(CC)c1O.[K+].[K+]. The molecule has 0 aromatic heterocycles. The van der Waals surface area contributed by atoms with Crippen LogP contribution in [0.25, 0.3) is 0 Å². The first-order valence-corrected chi connectivity index (χ1v) is 8.49. The van der Waals surface area contributed by atoms with Crippen molar-refractivity contribution in [2.24, 2.45) is 5.41 Å². The van der Waals surface area contributed by atoms with Crippen LogP contribution in [-0.4, -0.2) is 5.11 Å². The van der Waals surface area contributed by atoms with Crippen molar-refractivity contribution < 1.29 is 122 Å². The van der Waals surface area contributed by atoms with E-state index in [0.29, 0.717) is 29.5 Å². The average molecular weight is 377 g/mol. The van der Waals surface area contributed by atoms with Crippen LogP contribution in [0.4, 0.5) is 0 Å². The molecule has 0 radical (unpaired) electrons. The van der Waals surface area contributed by atoms with Gasteiger partial charge in [-0.3, -0.25) is 0 Å². The van der Waals surface area contributed by atoms with Gasteiger partial charge in [0, 0.05) is 5.66 Å². The Bertz CT molecular complexity index is 510. The van der Waals surface area contributed by atoms with Crippen molar-refractivity contribution in [1.29, 1.82) is 0 Å². The van der Waals surface area contributed by atoms with Crippen molar-refractivity contribution in [2.75, 3.05) is 0 Å². The number of aromatic hydroxyl groups is 1. The Labute approximate surface area is 218 Å². The molecule has 1 aromatic carbocycles. The monoisotopic (exact) mass is 376 g/mol. The van der Waals surface area contributed by atoms with Gasteiger partial charge >= 0.3 is 103 Å². The quantitative estimate of drug-likeness (QED) is 0.437. The van der Waals surface area contributed by atoms with E-state index in [0.717, 1.165) is 0 Å². The van der Waals surface area contributed by atoms with Crippen LogP contribution in [0.1, 0.15) is 57.0 Å². The summed E-state index contributed by atoms with van der Waals surface area (Å²) in [7, 11) is -4.78. The number of benzene rings is 1. The molecule has 0 saturated heterocycles. The third-order valence-corrected chi connectivity index (χ3v) is 5.21. The number of phenolic OH excluding ortho intramolecular Hbond substituents is 1. The van der Waals surface area contributed by atoms with Gasteiger partial charge in [-0.1, -0.05) is 54.3 Å². The summed E-state index contributed by atoms with van der Waals surface area (Å²) in [5, 5.41) is 10.1. The maximum Gasteiger partial charge on any atom is 1.00 e. The second-order valence-electron chi connectivity index (χ2n) is 6.20. The Hall–Kier alpha value is 2.44. The van der Waals surface area contributed by atoms with Crippen LogP contribution in [0, 0.1) is 5.41 Å². The molecule has 0 amide bonds. The molecule has 0 heterocycles. The Morgan fingerprint density at radius 2 is 1.45 bits per heavy atom. The van der Waals surface area contributed by atoms with E-state index < -0.39 is 18.7 Å². The first-order valence-electron chi connectivity index (χ1n) is 6.88. The molecule has 1 aromatic rings. The van der Waals surface area contributed by atoms with E-state index in [9.17, 15) is 19.5 Å². The van der Waals surface area contributed by atoms with Crippen molar-refractivity contribution in [2.45, 2.75) is 53.1 Å². The molecule has 7 heteroatoms. The van der Waals surface area contributed by atoms with Gasteiger partial charge in [-0.2, -0.15) is 0 Å². The zero-order valence-electron chi connectivity index (χ0n) is 14.8. The molecule has 0 spiro atoms. The molecule has 1 unspecified atom stereocenters. The molecule has 1 rings (SSSR count). The van der Waals surface area contributed by atoms with Crippen LogP contribution in [0.3, 0.4) is 0 Å². The van der Waals surface area contributed by atoms with E-state index in [2.05, 4.69) is 0 Å². The molecule has 0 saturated carbocycles. The van der Waals surface area contributed by atoms with E-state index in [1.807, 2.05) is 13.8 Å². The van der Waals surface area contributed by atoms with E-state index in [1.165, 1.54) is 0 Å². The van der Waals surface area contributed by atoms with Gasteiger partial charge < -0.3 is 19.5 Å². The normalized spacial score (nSPS) is 13.0. The van der Waals surface area contributed by atoms with Gasteiger partial charge in [0.05, 0.1) is 0 Å². The predicted molar refractivity (Wildman–Crippen MR) is 76.7 cm³/mol. The minimum Gasteiger partial charge on any atom is -0.810 e. The summed E-state index contributed by atoms with van der Waals surface area (Å²) in [5.74, 6) is 0.207. The minimum atomic E-state index is -4.78. The Kier molecular flexibility index (Phi) is 12.8. The minimum absolute atomic E-state index is 0. The Morgan fingerprint density at radius 3 is 1.68 bits per heavy atom. The fourth-order valence-electron chi connectivity index (χ4n) is 2.64. The van der Waals surface area contributed by atoms with Crippen LogP contribution < -0.4 is 113 Å². The average Bonchev–Trinajstić information content (AvgIpc) is 2.27. The largest absolute Gasteiger partial charge is 1.00 e. The van der Waals surface area contributed by atoms with Gasteiger partial charge in [-0.05, 0) is 34.9 Å². The second-order valence-corrected chi connectivity index (χ2v) is 7.80. The molecular weight excluding hydrogens is 353 g/mol. The number of aryl methyl sites for hydroxylation is 2. The Morgan fingerprint density at radius 1 is 1.09 bits per heavy atom. The molecule has 1 atom stereocenters. The van der Waals surface area contributed by atoms with Crippen LogP contribution in [0.15, 0.2) is 12.1 Å². The number of rotatable bonds is 4. The summed E-state index contributed by atoms with van der Waals surface area (Å²) in [4.78, 5) is 23.3. The molecule has 0 fully saturated rings. The van der Waals surface area contributed by atoms with Gasteiger partial charge in [-0.25, -0.2) is 0 Å². The van der Waals surface area contributed by atoms with E-state index >= 15 is 0 Å². The molecule has 0 aliphatic rings. The van der Waals surface area contributed by atoms with Gasteiger partial charge in [0.2, 0.25) is 0 Å². The Balaban J connectivity index is 0. The van der Waals surface area contributed by atoms with Crippen molar-refractivity contribution in [3.05, 3.63) is 28.8 Å². The molecule has 1 N–H and O–H groups in total. The maximum atomic E-state index is 11.7. The first kappa shape index (κ1) is 26.7. The zero-order valence-corrected chi connectivity index (χ0v) is 21.9. The summed E-state index contributed by atoms with van der Waals surface area (Å²) in [6.07, 6.45) is 1.18. The first-order chi connectivity index (χ1) is 9.02. The molecule has 4 nitrogen and oxygen atoms in total. The van der Waals surface area contributed by atoms with Gasteiger partial charge in [0.15, 0.2) is 0 Å². The fraction of sp³-hybridized carbons (Fsp3) is 0.600. The topological polar surface area (TPSA) is 83.4 Å². The van der Waals surface area contributed by atoms with Crippen molar-refractivity contribution in [1.82, 2.24) is 0 Å². The molecule has 0 bridgehead atoms. The predicted octanol–water partition coefficient (Wildman–Crippen LogP) is -3.47. The molecular formula is C15H23K2O4P. The summed E-state index contributed by atoms with van der Waals surface area (Å²) < 4.78 is 11.7. The van der Waals surface area contributed by atoms with Crippen LogP contribution in [0.5, 0.6) is 5.75 Å². The third kappa shape index (κ3) is 6.98. The van der Waals surface area contributed by atoms with Gasteiger partial charge in [0.25, 0.3) is 0 Å². The van der Waals surface area contributed by atoms with E-state index in [-0.39, 0.29) is 109 Å². The summed E-state index contributed by atoms with van der Waals surface area (Å²) in [6.45, 7) is 9.00. The molecule has 0 aliphatic heterocycles. The number of hydrogen-bond donors (Lipinski definition) is 1. The summed E-state index contributed by atoms with van der Waals surface area (Å²) in [5.41, 5.74) is 0.0686. The number of phenols is 1. The summed E-state index contributed by atoms with van der Waals surface area (Å²) in [6, 6.07) is 3.29. The van der Waals surface area contributed by atoms with Crippen molar-refractivity contribution in [3.63, 3.8) is 0 Å². The van der Waals surface area contributed by atoms with Gasteiger partial charge in [0.1, 0.15) is 5.75 Å². The van der Waals surface area contributed by atoms with E-state index in [4.69, 9.17) is 0 Å². The maximum absolute atomic E-state index is 11.7. The van der Waals surface area contributed by atoms with Crippen LogP contribution in [-0.2, 0) is 17.4 Å². The molecule has 114 valence electrons. The zero-order chi connectivity index (χ0) is 15.7. The number of hydrogen-bond acceptors (Lipinski definition) is 4. The fourth-order valence-corrected chi connectivity index (χ4v) is 4.10. The van der Waals surface area contributed by atoms with E-state index in [1.54, 1.807) is 32.9 Å². The van der Waals surface area contributed by atoms with Gasteiger partial charge in [-0.15, -0.1) is 0 Å². The summed E-state index contributed by atoms with van der Waals surface area (Å²) >= 11 is 0.